The Morgan fingerprint density at radius 2 is 2.35 bits per heavy atom. The van der Waals surface area contributed by atoms with Gasteiger partial charge in [0.15, 0.2) is 0 Å². The van der Waals surface area contributed by atoms with Crippen molar-refractivity contribution in [2.45, 2.75) is 25.4 Å². The second-order valence-corrected chi connectivity index (χ2v) is 4.44. The molecule has 0 saturated heterocycles. The molecule has 17 heavy (non-hydrogen) atoms. The van der Waals surface area contributed by atoms with Gasteiger partial charge in [-0.15, -0.1) is 0 Å². The highest BCUT2D eigenvalue weighted by molar-refractivity contribution is 5.92. The molecule has 0 aromatic carbocycles. The van der Waals surface area contributed by atoms with Gasteiger partial charge in [0, 0.05) is 18.7 Å². The number of nitrogens with one attached hydrogen (secondary N) is 1. The lowest BCUT2D eigenvalue weighted by atomic mass is 10.1. The van der Waals surface area contributed by atoms with E-state index in [2.05, 4.69) is 10.3 Å². The van der Waals surface area contributed by atoms with Gasteiger partial charge in [0.2, 0.25) is 5.91 Å². The highest BCUT2D eigenvalue weighted by atomic mass is 16.3. The third kappa shape index (κ3) is 2.94. The molecule has 1 aliphatic carbocycles. The number of carbonyl (C=O) groups excluding carboxylic acids is 1. The number of aliphatic hydroxyl groups is 1. The number of aliphatic hydroxyl groups excluding tert-OH is 1. The lowest BCUT2D eigenvalue weighted by Gasteiger charge is -2.15. The summed E-state index contributed by atoms with van der Waals surface area (Å²) in [5.41, 5.74) is 5.52. The number of primary amides is 1. The summed E-state index contributed by atoms with van der Waals surface area (Å²) in [6, 6.07) is 3.37. The molecular weight excluding hydrogens is 218 g/mol. The van der Waals surface area contributed by atoms with E-state index in [1.54, 1.807) is 12.1 Å². The molecule has 1 saturated carbocycles. The van der Waals surface area contributed by atoms with Gasteiger partial charge in [-0.2, -0.15) is 0 Å². The summed E-state index contributed by atoms with van der Waals surface area (Å²) in [6.45, 7) is 0.712. The molecule has 2 unspecified atom stereocenters. The topological polar surface area (TPSA) is 88.2 Å². The van der Waals surface area contributed by atoms with E-state index >= 15 is 0 Å². The van der Waals surface area contributed by atoms with Crippen LogP contribution in [0, 0.1) is 5.92 Å². The quantitative estimate of drug-likeness (QED) is 0.718. The molecule has 0 bridgehead atoms. The SMILES string of the molecule is NC(=O)c1ccc(NCC2CCCC2O)nc1. The normalized spacial score (nSPS) is 23.6. The Morgan fingerprint density at radius 3 is 2.88 bits per heavy atom. The Bertz CT molecular complexity index is 391. The molecule has 0 spiro atoms. The molecular formula is C12H17N3O2. The lowest BCUT2D eigenvalue weighted by Crippen LogP contribution is -2.22. The highest BCUT2D eigenvalue weighted by Crippen LogP contribution is 2.25. The fourth-order valence-corrected chi connectivity index (χ4v) is 2.14. The zero-order valence-electron chi connectivity index (χ0n) is 9.60. The summed E-state index contributed by atoms with van der Waals surface area (Å²) in [7, 11) is 0. The number of anilines is 1. The van der Waals surface area contributed by atoms with Gasteiger partial charge in [0.05, 0.1) is 11.7 Å². The van der Waals surface area contributed by atoms with Gasteiger partial charge in [-0.3, -0.25) is 4.79 Å². The van der Waals surface area contributed by atoms with Crippen LogP contribution in [0.15, 0.2) is 18.3 Å². The van der Waals surface area contributed by atoms with Gasteiger partial charge in [0.25, 0.3) is 0 Å². The van der Waals surface area contributed by atoms with Crippen LogP contribution in [0.1, 0.15) is 29.6 Å². The van der Waals surface area contributed by atoms with Crippen LogP contribution in [0.3, 0.4) is 0 Å². The second kappa shape index (κ2) is 5.14. The van der Waals surface area contributed by atoms with Crippen LogP contribution in [0.5, 0.6) is 0 Å². The Hall–Kier alpha value is -1.62. The number of hydrogen-bond acceptors (Lipinski definition) is 4. The average Bonchev–Trinajstić information content (AvgIpc) is 2.73. The van der Waals surface area contributed by atoms with Crippen LogP contribution < -0.4 is 11.1 Å². The Labute approximate surface area is 100 Å². The minimum Gasteiger partial charge on any atom is -0.393 e. The van der Waals surface area contributed by atoms with Crippen molar-refractivity contribution >= 4 is 11.7 Å². The largest absolute Gasteiger partial charge is 0.393 e. The molecule has 92 valence electrons. The zero-order chi connectivity index (χ0) is 12.3. The summed E-state index contributed by atoms with van der Waals surface area (Å²) >= 11 is 0. The van der Waals surface area contributed by atoms with Crippen molar-refractivity contribution in [2.24, 2.45) is 11.7 Å². The first-order valence-electron chi connectivity index (χ1n) is 5.84. The van der Waals surface area contributed by atoms with Crippen LogP contribution in [0.4, 0.5) is 5.82 Å². The van der Waals surface area contributed by atoms with Crippen LogP contribution in [0.25, 0.3) is 0 Å². The number of pyridine rings is 1. The van der Waals surface area contributed by atoms with E-state index in [4.69, 9.17) is 5.73 Å². The van der Waals surface area contributed by atoms with Crippen LogP contribution in [-0.2, 0) is 0 Å². The van der Waals surface area contributed by atoms with Gasteiger partial charge in [-0.05, 0) is 25.0 Å². The van der Waals surface area contributed by atoms with E-state index in [0.29, 0.717) is 23.8 Å². The smallest absolute Gasteiger partial charge is 0.250 e. The number of nitrogens with zero attached hydrogens (tertiary/aromatic N) is 1. The van der Waals surface area contributed by atoms with Gasteiger partial charge in [0.1, 0.15) is 5.82 Å². The molecule has 1 heterocycles. The Morgan fingerprint density at radius 1 is 1.53 bits per heavy atom. The zero-order valence-corrected chi connectivity index (χ0v) is 9.60. The standard InChI is InChI=1S/C12H17N3O2/c13-12(17)9-4-5-11(15-7-9)14-6-8-2-1-3-10(8)16/h4-5,7-8,10,16H,1-3,6H2,(H2,13,17)(H,14,15). The molecule has 1 fully saturated rings. The van der Waals surface area contributed by atoms with Crippen molar-refractivity contribution in [3.8, 4) is 0 Å². The van der Waals surface area contributed by atoms with Crippen molar-refractivity contribution in [2.75, 3.05) is 11.9 Å². The molecule has 1 amide bonds. The number of aromatic nitrogens is 1. The minimum absolute atomic E-state index is 0.201. The Balaban J connectivity index is 1.88. The summed E-state index contributed by atoms with van der Waals surface area (Å²) < 4.78 is 0. The number of nitrogens with two attached hydrogens (primary N) is 1. The first-order valence-corrected chi connectivity index (χ1v) is 5.84. The van der Waals surface area contributed by atoms with Crippen LogP contribution in [-0.4, -0.2) is 28.6 Å². The van der Waals surface area contributed by atoms with E-state index in [1.807, 2.05) is 0 Å². The van der Waals surface area contributed by atoms with E-state index in [1.165, 1.54) is 6.20 Å². The monoisotopic (exact) mass is 235 g/mol. The van der Waals surface area contributed by atoms with Crippen molar-refractivity contribution in [3.05, 3.63) is 23.9 Å². The molecule has 0 radical (unpaired) electrons. The lowest BCUT2D eigenvalue weighted by molar-refractivity contribution is 0.1000. The molecule has 1 aliphatic rings. The van der Waals surface area contributed by atoms with Crippen molar-refractivity contribution in [3.63, 3.8) is 0 Å². The maximum absolute atomic E-state index is 10.9. The summed E-state index contributed by atoms with van der Waals surface area (Å²) in [6.07, 6.45) is 4.28. The van der Waals surface area contributed by atoms with Crippen molar-refractivity contribution in [1.82, 2.24) is 4.98 Å². The fraction of sp³-hybridized carbons (Fsp3) is 0.500. The predicted octanol–water partition coefficient (Wildman–Crippen LogP) is 0.753. The molecule has 1 aromatic heterocycles. The molecule has 2 atom stereocenters. The predicted molar refractivity (Wildman–Crippen MR) is 64.6 cm³/mol. The molecule has 5 heteroatoms. The summed E-state index contributed by atoms with van der Waals surface area (Å²) in [5, 5.41) is 12.8. The first kappa shape index (κ1) is 11.9. The third-order valence-electron chi connectivity index (χ3n) is 3.21. The van der Waals surface area contributed by atoms with Gasteiger partial charge in [-0.25, -0.2) is 4.98 Å². The molecule has 2 rings (SSSR count). The molecule has 1 aromatic rings. The highest BCUT2D eigenvalue weighted by Gasteiger charge is 2.24. The van der Waals surface area contributed by atoms with Crippen LogP contribution >= 0.6 is 0 Å². The van der Waals surface area contributed by atoms with E-state index in [-0.39, 0.29) is 6.10 Å². The molecule has 4 N–H and O–H groups in total. The Kier molecular flexibility index (Phi) is 3.58. The number of hydrogen-bond donors (Lipinski definition) is 3. The fourth-order valence-electron chi connectivity index (χ4n) is 2.14. The van der Waals surface area contributed by atoms with Gasteiger partial charge >= 0.3 is 0 Å². The molecule has 0 aliphatic heterocycles. The molecule has 5 nitrogen and oxygen atoms in total. The van der Waals surface area contributed by atoms with Crippen molar-refractivity contribution in [1.29, 1.82) is 0 Å². The first-order chi connectivity index (χ1) is 8.16. The van der Waals surface area contributed by atoms with Crippen molar-refractivity contribution < 1.29 is 9.90 Å². The minimum atomic E-state index is -0.477. The third-order valence-corrected chi connectivity index (χ3v) is 3.21. The summed E-state index contributed by atoms with van der Waals surface area (Å²) in [4.78, 5) is 14.9. The number of carbonyl (C=O) groups is 1. The number of amides is 1. The maximum atomic E-state index is 10.9. The van der Waals surface area contributed by atoms with E-state index in [0.717, 1.165) is 19.3 Å². The van der Waals surface area contributed by atoms with Gasteiger partial charge < -0.3 is 16.2 Å². The maximum Gasteiger partial charge on any atom is 0.250 e. The average molecular weight is 235 g/mol. The summed E-state index contributed by atoms with van der Waals surface area (Å²) in [5.74, 6) is 0.525. The second-order valence-electron chi connectivity index (χ2n) is 4.44. The van der Waals surface area contributed by atoms with E-state index in [9.17, 15) is 9.90 Å². The van der Waals surface area contributed by atoms with Gasteiger partial charge in [-0.1, -0.05) is 6.42 Å². The van der Waals surface area contributed by atoms with Crippen LogP contribution in [0.2, 0.25) is 0 Å². The number of rotatable bonds is 4. The van der Waals surface area contributed by atoms with E-state index < -0.39 is 5.91 Å².